The highest BCUT2D eigenvalue weighted by Gasteiger charge is 2.33. The minimum atomic E-state index is -0.608. The summed E-state index contributed by atoms with van der Waals surface area (Å²) in [6.07, 6.45) is -0.0449. The third-order valence-corrected chi connectivity index (χ3v) is 2.35. The van der Waals surface area contributed by atoms with Gasteiger partial charge in [0, 0.05) is 19.9 Å². The first kappa shape index (κ1) is 13.5. The van der Waals surface area contributed by atoms with Gasteiger partial charge in [0.2, 0.25) is 0 Å². The first-order chi connectivity index (χ1) is 8.00. The number of esters is 1. The average molecular weight is 238 g/mol. The van der Waals surface area contributed by atoms with Crippen LogP contribution in [-0.2, 0) is 14.3 Å². The zero-order chi connectivity index (χ0) is 12.8. The molecule has 0 aliphatic carbocycles. The Morgan fingerprint density at radius 2 is 2.24 bits per heavy atom. The Bertz CT molecular complexity index is 354. The fourth-order valence-electron chi connectivity index (χ4n) is 1.54. The van der Waals surface area contributed by atoms with Gasteiger partial charge in [-0.2, -0.15) is 0 Å². The SMILES string of the molecule is CC(=O)O[C@H]1CCN(CC#CCN(C)C)C1=O. The van der Waals surface area contributed by atoms with Crippen molar-refractivity contribution in [1.29, 1.82) is 0 Å². The first-order valence-electron chi connectivity index (χ1n) is 5.57. The lowest BCUT2D eigenvalue weighted by molar-refractivity contribution is -0.154. The molecular weight excluding hydrogens is 220 g/mol. The van der Waals surface area contributed by atoms with Crippen LogP contribution in [0.3, 0.4) is 0 Å². The molecule has 1 amide bonds. The average Bonchev–Trinajstić information content (AvgIpc) is 2.55. The molecule has 0 N–H and O–H groups in total. The van der Waals surface area contributed by atoms with Crippen LogP contribution in [0.4, 0.5) is 0 Å². The Balaban J connectivity index is 2.39. The van der Waals surface area contributed by atoms with Gasteiger partial charge in [-0.15, -0.1) is 0 Å². The molecule has 1 rings (SSSR count). The maximum Gasteiger partial charge on any atom is 0.303 e. The zero-order valence-electron chi connectivity index (χ0n) is 10.5. The van der Waals surface area contributed by atoms with E-state index in [-0.39, 0.29) is 5.91 Å². The van der Waals surface area contributed by atoms with E-state index in [0.717, 1.165) is 0 Å². The van der Waals surface area contributed by atoms with E-state index in [0.29, 0.717) is 26.1 Å². The van der Waals surface area contributed by atoms with Crippen molar-refractivity contribution in [3.8, 4) is 11.8 Å². The van der Waals surface area contributed by atoms with Gasteiger partial charge in [-0.3, -0.25) is 14.5 Å². The summed E-state index contributed by atoms with van der Waals surface area (Å²) in [6.45, 7) is 3.00. The second kappa shape index (κ2) is 6.26. The maximum absolute atomic E-state index is 11.7. The molecule has 5 nitrogen and oxygen atoms in total. The van der Waals surface area contributed by atoms with Crippen LogP contribution in [-0.4, -0.2) is 61.5 Å². The van der Waals surface area contributed by atoms with Crippen LogP contribution >= 0.6 is 0 Å². The fraction of sp³-hybridized carbons (Fsp3) is 0.667. The second-order valence-corrected chi connectivity index (χ2v) is 4.24. The summed E-state index contributed by atoms with van der Waals surface area (Å²) in [5, 5.41) is 0. The third kappa shape index (κ3) is 4.45. The van der Waals surface area contributed by atoms with Crippen molar-refractivity contribution in [1.82, 2.24) is 9.80 Å². The molecule has 1 heterocycles. The number of amides is 1. The molecule has 0 aromatic heterocycles. The highest BCUT2D eigenvalue weighted by atomic mass is 16.5. The van der Waals surface area contributed by atoms with Crippen LogP contribution in [0.5, 0.6) is 0 Å². The molecule has 5 heteroatoms. The molecule has 0 aromatic carbocycles. The van der Waals surface area contributed by atoms with Crippen molar-refractivity contribution < 1.29 is 14.3 Å². The Hall–Kier alpha value is -1.54. The Labute approximate surface area is 102 Å². The van der Waals surface area contributed by atoms with E-state index in [1.54, 1.807) is 4.90 Å². The monoisotopic (exact) mass is 238 g/mol. The van der Waals surface area contributed by atoms with E-state index in [1.807, 2.05) is 19.0 Å². The zero-order valence-corrected chi connectivity index (χ0v) is 10.5. The summed E-state index contributed by atoms with van der Waals surface area (Å²) < 4.78 is 4.91. The minimum Gasteiger partial charge on any atom is -0.452 e. The standard InChI is InChI=1S/C12H18N2O3/c1-10(15)17-11-6-9-14(12(11)16)8-5-4-7-13(2)3/h11H,6-9H2,1-3H3/t11-/m0/s1. The topological polar surface area (TPSA) is 49.9 Å². The van der Waals surface area contributed by atoms with Crippen molar-refractivity contribution in [3.05, 3.63) is 0 Å². The van der Waals surface area contributed by atoms with Crippen LogP contribution < -0.4 is 0 Å². The molecule has 1 aliphatic rings. The maximum atomic E-state index is 11.7. The van der Waals surface area contributed by atoms with Gasteiger partial charge in [0.25, 0.3) is 5.91 Å². The Kier molecular flexibility index (Phi) is 4.98. The van der Waals surface area contributed by atoms with Crippen molar-refractivity contribution in [2.75, 3.05) is 33.7 Å². The quantitative estimate of drug-likeness (QED) is 0.501. The summed E-state index contributed by atoms with van der Waals surface area (Å²) in [4.78, 5) is 26.1. The largest absolute Gasteiger partial charge is 0.452 e. The van der Waals surface area contributed by atoms with Crippen molar-refractivity contribution in [2.45, 2.75) is 19.4 Å². The van der Waals surface area contributed by atoms with Crippen LogP contribution in [0.15, 0.2) is 0 Å². The van der Waals surface area contributed by atoms with E-state index in [4.69, 9.17) is 4.74 Å². The lowest BCUT2D eigenvalue weighted by atomic mass is 10.3. The molecule has 1 fully saturated rings. The number of hydrogen-bond donors (Lipinski definition) is 0. The molecule has 0 bridgehead atoms. The van der Waals surface area contributed by atoms with E-state index in [1.165, 1.54) is 6.92 Å². The molecule has 0 unspecified atom stereocenters. The normalized spacial score (nSPS) is 19.2. The molecule has 1 atom stereocenters. The summed E-state index contributed by atoms with van der Waals surface area (Å²) in [5.74, 6) is 5.35. The summed E-state index contributed by atoms with van der Waals surface area (Å²) in [7, 11) is 3.87. The molecule has 0 radical (unpaired) electrons. The molecule has 0 saturated carbocycles. The molecule has 1 aliphatic heterocycles. The van der Waals surface area contributed by atoms with Crippen LogP contribution in [0, 0.1) is 11.8 Å². The van der Waals surface area contributed by atoms with Crippen molar-refractivity contribution in [2.24, 2.45) is 0 Å². The predicted octanol–water partition coefficient (Wildman–Crippen LogP) is -0.285. The third-order valence-electron chi connectivity index (χ3n) is 2.35. The lowest BCUT2D eigenvalue weighted by Gasteiger charge is -2.12. The number of hydrogen-bond acceptors (Lipinski definition) is 4. The molecule has 94 valence electrons. The van der Waals surface area contributed by atoms with Gasteiger partial charge in [-0.05, 0) is 14.1 Å². The van der Waals surface area contributed by atoms with Crippen molar-refractivity contribution in [3.63, 3.8) is 0 Å². The lowest BCUT2D eigenvalue weighted by Crippen LogP contribution is -2.32. The van der Waals surface area contributed by atoms with Gasteiger partial charge in [0.1, 0.15) is 0 Å². The van der Waals surface area contributed by atoms with E-state index >= 15 is 0 Å². The molecular formula is C12H18N2O3. The number of rotatable bonds is 3. The van der Waals surface area contributed by atoms with Crippen LogP contribution in [0.1, 0.15) is 13.3 Å². The van der Waals surface area contributed by atoms with Gasteiger partial charge in [0.05, 0.1) is 13.1 Å². The summed E-state index contributed by atoms with van der Waals surface area (Å²) in [6, 6.07) is 0. The van der Waals surface area contributed by atoms with Gasteiger partial charge in [0.15, 0.2) is 6.10 Å². The molecule has 0 spiro atoms. The number of carbonyl (C=O) groups excluding carboxylic acids is 2. The van der Waals surface area contributed by atoms with E-state index in [9.17, 15) is 9.59 Å². The van der Waals surface area contributed by atoms with Gasteiger partial charge >= 0.3 is 5.97 Å². The second-order valence-electron chi connectivity index (χ2n) is 4.24. The number of carbonyl (C=O) groups is 2. The highest BCUT2D eigenvalue weighted by molar-refractivity contribution is 5.85. The van der Waals surface area contributed by atoms with Gasteiger partial charge in [-0.25, -0.2) is 0 Å². The number of likely N-dealkylation sites (tertiary alicyclic amines) is 1. The summed E-state index contributed by atoms with van der Waals surface area (Å²) in [5.41, 5.74) is 0. The highest BCUT2D eigenvalue weighted by Crippen LogP contribution is 2.13. The van der Waals surface area contributed by atoms with Crippen molar-refractivity contribution >= 4 is 11.9 Å². The molecule has 0 aromatic rings. The Morgan fingerprint density at radius 3 is 2.82 bits per heavy atom. The van der Waals surface area contributed by atoms with Gasteiger partial charge < -0.3 is 9.64 Å². The molecule has 1 saturated heterocycles. The van der Waals surface area contributed by atoms with E-state index in [2.05, 4.69) is 11.8 Å². The summed E-state index contributed by atoms with van der Waals surface area (Å²) >= 11 is 0. The van der Waals surface area contributed by atoms with Crippen LogP contribution in [0.25, 0.3) is 0 Å². The number of nitrogens with zero attached hydrogens (tertiary/aromatic N) is 2. The number of ether oxygens (including phenoxy) is 1. The minimum absolute atomic E-state index is 0.139. The van der Waals surface area contributed by atoms with Crippen LogP contribution in [0.2, 0.25) is 0 Å². The first-order valence-corrected chi connectivity index (χ1v) is 5.57. The predicted molar refractivity (Wildman–Crippen MR) is 63.1 cm³/mol. The fourth-order valence-corrected chi connectivity index (χ4v) is 1.54. The smallest absolute Gasteiger partial charge is 0.303 e. The van der Waals surface area contributed by atoms with E-state index < -0.39 is 12.1 Å². The van der Waals surface area contributed by atoms with Gasteiger partial charge in [-0.1, -0.05) is 11.8 Å². The molecule has 17 heavy (non-hydrogen) atoms. The Morgan fingerprint density at radius 1 is 1.53 bits per heavy atom.